The Bertz CT molecular complexity index is 651. The fourth-order valence-electron chi connectivity index (χ4n) is 2.22. The number of para-hydroxylation sites is 3. The van der Waals surface area contributed by atoms with Crippen molar-refractivity contribution in [1.82, 2.24) is 5.32 Å². The molecule has 0 aliphatic rings. The zero-order valence-electron chi connectivity index (χ0n) is 13.4. The van der Waals surface area contributed by atoms with Crippen molar-refractivity contribution in [3.8, 4) is 11.5 Å². The van der Waals surface area contributed by atoms with Crippen LogP contribution in [0.3, 0.4) is 0 Å². The second-order valence-electron chi connectivity index (χ2n) is 5.32. The van der Waals surface area contributed by atoms with E-state index in [1.54, 1.807) is 18.2 Å². The molecule has 23 heavy (non-hydrogen) atoms. The van der Waals surface area contributed by atoms with Crippen molar-refractivity contribution in [1.29, 1.82) is 0 Å². The van der Waals surface area contributed by atoms with E-state index in [2.05, 4.69) is 10.6 Å². The number of nitrogens with one attached hydrogen (secondary N) is 2. The lowest BCUT2D eigenvalue weighted by molar-refractivity contribution is 0.250. The Balaban J connectivity index is 1.69. The number of carbonyl (C=O) groups excluding carboxylic acids is 1. The number of hydrogen-bond acceptors (Lipinski definition) is 3. The molecule has 2 rings (SSSR count). The highest BCUT2D eigenvalue weighted by molar-refractivity contribution is 5.90. The summed E-state index contributed by atoms with van der Waals surface area (Å²) in [5.41, 5.74) is 2.60. The normalized spacial score (nSPS) is 10.2. The van der Waals surface area contributed by atoms with Gasteiger partial charge in [0.15, 0.2) is 0 Å². The lowest BCUT2D eigenvalue weighted by Crippen LogP contribution is -2.30. The van der Waals surface area contributed by atoms with Gasteiger partial charge in [-0.1, -0.05) is 30.3 Å². The summed E-state index contributed by atoms with van der Waals surface area (Å²) in [6, 6.07) is 12.3. The molecular weight excluding hydrogens is 292 g/mol. The number of amides is 2. The number of urea groups is 1. The molecule has 0 aliphatic heterocycles. The molecule has 0 fully saturated rings. The van der Waals surface area contributed by atoms with Crippen molar-refractivity contribution in [3.63, 3.8) is 0 Å². The highest BCUT2D eigenvalue weighted by Crippen LogP contribution is 2.22. The van der Waals surface area contributed by atoms with Gasteiger partial charge in [0.05, 0.1) is 12.3 Å². The summed E-state index contributed by atoms with van der Waals surface area (Å²) in [7, 11) is 0. The average Bonchev–Trinajstić information content (AvgIpc) is 2.52. The fourth-order valence-corrected chi connectivity index (χ4v) is 2.22. The first-order valence-electron chi connectivity index (χ1n) is 7.60. The molecule has 2 aromatic rings. The number of phenols is 1. The maximum Gasteiger partial charge on any atom is 0.319 e. The number of ether oxygens (including phenoxy) is 1. The molecule has 0 radical (unpaired) electrons. The SMILES string of the molecule is Cc1cccc(C)c1OCCCNC(=O)Nc1ccccc1O. The summed E-state index contributed by atoms with van der Waals surface area (Å²) in [6.07, 6.45) is 0.696. The van der Waals surface area contributed by atoms with Crippen molar-refractivity contribution in [2.24, 2.45) is 0 Å². The Morgan fingerprint density at radius 3 is 2.48 bits per heavy atom. The summed E-state index contributed by atoms with van der Waals surface area (Å²) in [6.45, 7) is 5.05. The molecule has 5 nitrogen and oxygen atoms in total. The number of anilines is 1. The lowest BCUT2D eigenvalue weighted by atomic mass is 10.1. The molecular formula is C18H22N2O3. The third-order valence-electron chi connectivity index (χ3n) is 3.41. The van der Waals surface area contributed by atoms with E-state index in [9.17, 15) is 9.90 Å². The van der Waals surface area contributed by atoms with Gasteiger partial charge in [-0.25, -0.2) is 4.79 Å². The molecule has 0 unspecified atom stereocenters. The van der Waals surface area contributed by atoms with Gasteiger partial charge < -0.3 is 20.5 Å². The van der Waals surface area contributed by atoms with Gasteiger partial charge in [0.2, 0.25) is 0 Å². The monoisotopic (exact) mass is 314 g/mol. The second kappa shape index (κ2) is 8.08. The third kappa shape index (κ3) is 4.92. The Hall–Kier alpha value is -2.69. The molecule has 0 spiro atoms. The molecule has 2 aromatic carbocycles. The van der Waals surface area contributed by atoms with Crippen LogP contribution in [0.2, 0.25) is 0 Å². The lowest BCUT2D eigenvalue weighted by Gasteiger charge is -2.12. The van der Waals surface area contributed by atoms with E-state index in [0.29, 0.717) is 25.3 Å². The minimum atomic E-state index is -0.349. The number of rotatable bonds is 6. The minimum Gasteiger partial charge on any atom is -0.506 e. The first-order chi connectivity index (χ1) is 11.1. The van der Waals surface area contributed by atoms with E-state index in [1.807, 2.05) is 32.0 Å². The maximum absolute atomic E-state index is 11.7. The molecule has 5 heteroatoms. The maximum atomic E-state index is 11.7. The van der Waals surface area contributed by atoms with Crippen molar-refractivity contribution < 1.29 is 14.6 Å². The van der Waals surface area contributed by atoms with Crippen LogP contribution >= 0.6 is 0 Å². The standard InChI is InChI=1S/C18H22N2O3/c1-13-7-5-8-14(2)17(13)23-12-6-11-19-18(22)20-15-9-3-4-10-16(15)21/h3-5,7-10,21H,6,11-12H2,1-2H3,(H2,19,20,22). The van der Waals surface area contributed by atoms with Crippen molar-refractivity contribution in [2.45, 2.75) is 20.3 Å². The molecule has 0 atom stereocenters. The zero-order valence-corrected chi connectivity index (χ0v) is 13.4. The van der Waals surface area contributed by atoms with Crippen LogP contribution in [0.15, 0.2) is 42.5 Å². The van der Waals surface area contributed by atoms with Crippen molar-refractivity contribution in [3.05, 3.63) is 53.6 Å². The number of aromatic hydroxyl groups is 1. The van der Waals surface area contributed by atoms with Crippen LogP contribution in [0.1, 0.15) is 17.5 Å². The zero-order chi connectivity index (χ0) is 16.7. The minimum absolute atomic E-state index is 0.0426. The van der Waals surface area contributed by atoms with E-state index in [4.69, 9.17) is 4.74 Å². The Morgan fingerprint density at radius 2 is 1.78 bits per heavy atom. The van der Waals surface area contributed by atoms with Crippen LogP contribution in [0, 0.1) is 13.8 Å². The Kier molecular flexibility index (Phi) is 5.86. The Morgan fingerprint density at radius 1 is 1.09 bits per heavy atom. The topological polar surface area (TPSA) is 70.6 Å². The molecule has 0 saturated heterocycles. The highest BCUT2D eigenvalue weighted by atomic mass is 16.5. The molecule has 0 saturated carbocycles. The number of carbonyl (C=O) groups is 1. The van der Waals surface area contributed by atoms with E-state index >= 15 is 0 Å². The molecule has 0 aliphatic carbocycles. The van der Waals surface area contributed by atoms with Gasteiger partial charge in [-0.05, 0) is 43.5 Å². The van der Waals surface area contributed by atoms with Crippen molar-refractivity contribution >= 4 is 11.7 Å². The van der Waals surface area contributed by atoms with E-state index in [0.717, 1.165) is 16.9 Å². The van der Waals surface area contributed by atoms with E-state index in [1.165, 1.54) is 6.07 Å². The van der Waals surface area contributed by atoms with Gasteiger partial charge in [0.25, 0.3) is 0 Å². The first-order valence-corrected chi connectivity index (χ1v) is 7.60. The fraction of sp³-hybridized carbons (Fsp3) is 0.278. The molecule has 0 bridgehead atoms. The summed E-state index contributed by atoms with van der Waals surface area (Å²) < 4.78 is 5.78. The van der Waals surface area contributed by atoms with Crippen LogP contribution in [0.4, 0.5) is 10.5 Å². The third-order valence-corrected chi connectivity index (χ3v) is 3.41. The van der Waals surface area contributed by atoms with Crippen LogP contribution in [-0.4, -0.2) is 24.3 Å². The number of aryl methyl sites for hydroxylation is 2. The van der Waals surface area contributed by atoms with Gasteiger partial charge in [-0.15, -0.1) is 0 Å². The van der Waals surface area contributed by atoms with Crippen LogP contribution in [0.5, 0.6) is 11.5 Å². The highest BCUT2D eigenvalue weighted by Gasteiger charge is 2.05. The van der Waals surface area contributed by atoms with Gasteiger partial charge >= 0.3 is 6.03 Å². The summed E-state index contributed by atoms with van der Waals surface area (Å²) in [4.78, 5) is 11.7. The van der Waals surface area contributed by atoms with E-state index in [-0.39, 0.29) is 11.8 Å². The summed E-state index contributed by atoms with van der Waals surface area (Å²) >= 11 is 0. The largest absolute Gasteiger partial charge is 0.506 e. The van der Waals surface area contributed by atoms with Crippen LogP contribution < -0.4 is 15.4 Å². The predicted octanol–water partition coefficient (Wildman–Crippen LogP) is 3.60. The number of benzene rings is 2. The molecule has 0 heterocycles. The number of hydrogen-bond donors (Lipinski definition) is 3. The Labute approximate surface area is 136 Å². The van der Waals surface area contributed by atoms with Crippen LogP contribution in [-0.2, 0) is 0 Å². The van der Waals surface area contributed by atoms with Gasteiger partial charge in [-0.2, -0.15) is 0 Å². The first kappa shape index (κ1) is 16.7. The summed E-state index contributed by atoms with van der Waals surface area (Å²) in [5, 5.41) is 14.9. The van der Waals surface area contributed by atoms with Crippen molar-refractivity contribution in [2.75, 3.05) is 18.5 Å². The van der Waals surface area contributed by atoms with Crippen LogP contribution in [0.25, 0.3) is 0 Å². The molecule has 0 aromatic heterocycles. The molecule has 122 valence electrons. The van der Waals surface area contributed by atoms with E-state index < -0.39 is 0 Å². The number of phenolic OH excluding ortho intramolecular Hbond substituents is 1. The molecule has 2 amide bonds. The molecule has 3 N–H and O–H groups in total. The quantitative estimate of drug-likeness (QED) is 0.563. The average molecular weight is 314 g/mol. The smallest absolute Gasteiger partial charge is 0.319 e. The second-order valence-corrected chi connectivity index (χ2v) is 5.32. The summed E-state index contributed by atoms with van der Waals surface area (Å²) in [5.74, 6) is 0.951. The predicted molar refractivity (Wildman–Crippen MR) is 91.2 cm³/mol. The van der Waals surface area contributed by atoms with Gasteiger partial charge in [0.1, 0.15) is 11.5 Å². The van der Waals surface area contributed by atoms with Gasteiger partial charge in [0, 0.05) is 6.54 Å². The van der Waals surface area contributed by atoms with Gasteiger partial charge in [-0.3, -0.25) is 0 Å².